The van der Waals surface area contributed by atoms with Crippen LogP contribution in [0.4, 0.5) is 5.69 Å². The van der Waals surface area contributed by atoms with Crippen LogP contribution in [0.15, 0.2) is 77.7 Å². The molecule has 0 amide bonds. The maximum atomic E-state index is 4.62. The third-order valence-corrected chi connectivity index (χ3v) is 5.85. The number of benzene rings is 2. The number of anilines is 1. The van der Waals surface area contributed by atoms with E-state index in [9.17, 15) is 0 Å². The molecule has 0 aliphatic heterocycles. The highest BCUT2D eigenvalue weighted by Gasteiger charge is 2.16. The van der Waals surface area contributed by atoms with Crippen molar-refractivity contribution in [2.75, 3.05) is 11.9 Å². The third kappa shape index (κ3) is 4.33. The molecule has 0 bridgehead atoms. The number of aliphatic imine (C=N–C) groups is 1. The lowest BCUT2D eigenvalue weighted by atomic mass is 9.95. The minimum Gasteiger partial charge on any atom is -0.379 e. The molecule has 156 valence electrons. The summed E-state index contributed by atoms with van der Waals surface area (Å²) in [5, 5.41) is 3.46. The lowest BCUT2D eigenvalue weighted by Crippen LogP contribution is -2.05. The third-order valence-electron chi connectivity index (χ3n) is 5.85. The molecule has 4 heteroatoms. The molecule has 31 heavy (non-hydrogen) atoms. The van der Waals surface area contributed by atoms with Crippen molar-refractivity contribution < 1.29 is 0 Å². The number of allylic oxidation sites excluding steroid dienone is 3. The zero-order valence-corrected chi connectivity index (χ0v) is 18.6. The number of rotatable bonds is 6. The first kappa shape index (κ1) is 20.7. The minimum absolute atomic E-state index is 0.429. The van der Waals surface area contributed by atoms with E-state index in [1.54, 1.807) is 12.4 Å². The van der Waals surface area contributed by atoms with Gasteiger partial charge in [0.1, 0.15) is 0 Å². The summed E-state index contributed by atoms with van der Waals surface area (Å²) in [4.78, 5) is 13.8. The minimum atomic E-state index is 0.429. The van der Waals surface area contributed by atoms with Gasteiger partial charge in [0.05, 0.1) is 23.3 Å². The monoisotopic (exact) mass is 408 g/mol. The van der Waals surface area contributed by atoms with Crippen LogP contribution in [0.1, 0.15) is 44.7 Å². The van der Waals surface area contributed by atoms with Gasteiger partial charge in [-0.2, -0.15) is 0 Å². The van der Waals surface area contributed by atoms with Crippen LogP contribution in [0.2, 0.25) is 0 Å². The van der Waals surface area contributed by atoms with E-state index in [-0.39, 0.29) is 0 Å². The molecule has 1 heterocycles. The maximum absolute atomic E-state index is 4.62. The average molecular weight is 409 g/mol. The normalized spacial score (nSPS) is 15.9. The second kappa shape index (κ2) is 8.68. The average Bonchev–Trinajstić information content (AvgIpc) is 3.16. The van der Waals surface area contributed by atoms with Crippen LogP contribution in [0, 0.1) is 0 Å². The first-order valence-electron chi connectivity index (χ1n) is 10.6. The first-order chi connectivity index (χ1) is 15.0. The highest BCUT2D eigenvalue weighted by molar-refractivity contribution is 5.98. The Morgan fingerprint density at radius 1 is 1.16 bits per heavy atom. The van der Waals surface area contributed by atoms with Crippen molar-refractivity contribution in [1.29, 1.82) is 0 Å². The molecule has 2 aromatic carbocycles. The topological polar surface area (TPSA) is 50.2 Å². The van der Waals surface area contributed by atoms with E-state index < -0.39 is 0 Å². The molecule has 1 N–H and O–H groups in total. The Morgan fingerprint density at radius 3 is 2.77 bits per heavy atom. The Hall–Kier alpha value is -3.53. The molecule has 1 aromatic heterocycles. The van der Waals surface area contributed by atoms with E-state index in [0.29, 0.717) is 12.5 Å². The van der Waals surface area contributed by atoms with Gasteiger partial charge in [0, 0.05) is 29.4 Å². The fraction of sp³-hybridized carbons (Fsp3) is 0.222. The van der Waals surface area contributed by atoms with Crippen LogP contribution in [0.25, 0.3) is 28.2 Å². The molecule has 1 atom stereocenters. The molecule has 1 aliphatic carbocycles. The molecule has 4 rings (SSSR count). The van der Waals surface area contributed by atoms with Crippen LogP contribution >= 0.6 is 0 Å². The predicted molar refractivity (Wildman–Crippen MR) is 133 cm³/mol. The van der Waals surface area contributed by atoms with E-state index in [0.717, 1.165) is 44.8 Å². The molecular formula is C27H28N4. The van der Waals surface area contributed by atoms with Crippen molar-refractivity contribution in [3.05, 3.63) is 83.9 Å². The molecule has 4 nitrogen and oxygen atoms in total. The van der Waals surface area contributed by atoms with E-state index in [1.807, 2.05) is 19.9 Å². The Balaban J connectivity index is 1.67. The maximum Gasteiger partial charge on any atom is 0.0966 e. The van der Waals surface area contributed by atoms with Gasteiger partial charge in [-0.05, 0) is 67.2 Å². The van der Waals surface area contributed by atoms with Crippen LogP contribution in [-0.4, -0.2) is 22.2 Å². The van der Waals surface area contributed by atoms with Crippen molar-refractivity contribution in [3.8, 4) is 11.1 Å². The van der Waals surface area contributed by atoms with Crippen LogP contribution in [-0.2, 0) is 0 Å². The van der Waals surface area contributed by atoms with Crippen LogP contribution in [0.5, 0.6) is 0 Å². The molecule has 0 saturated carbocycles. The number of nitrogens with zero attached hydrogens (tertiary/aromatic N) is 3. The molecular weight excluding hydrogens is 380 g/mol. The Kier molecular flexibility index (Phi) is 5.81. The summed E-state index contributed by atoms with van der Waals surface area (Å²) in [5.74, 6) is 0.429. The van der Waals surface area contributed by atoms with Gasteiger partial charge in [-0.15, -0.1) is 0 Å². The van der Waals surface area contributed by atoms with Gasteiger partial charge in [0.2, 0.25) is 0 Å². The number of aromatic nitrogens is 2. The van der Waals surface area contributed by atoms with Crippen molar-refractivity contribution >= 4 is 28.5 Å². The lowest BCUT2D eigenvalue weighted by Gasteiger charge is -2.13. The fourth-order valence-corrected chi connectivity index (χ4v) is 3.81. The van der Waals surface area contributed by atoms with Crippen molar-refractivity contribution in [2.24, 2.45) is 4.99 Å². The van der Waals surface area contributed by atoms with Gasteiger partial charge in [0.15, 0.2) is 0 Å². The summed E-state index contributed by atoms with van der Waals surface area (Å²) >= 11 is 0. The summed E-state index contributed by atoms with van der Waals surface area (Å²) in [6.07, 6.45) is 9.98. The predicted octanol–water partition coefficient (Wildman–Crippen LogP) is 6.78. The van der Waals surface area contributed by atoms with Gasteiger partial charge in [-0.1, -0.05) is 43.9 Å². The van der Waals surface area contributed by atoms with Crippen LogP contribution < -0.4 is 5.32 Å². The lowest BCUT2D eigenvalue weighted by molar-refractivity contribution is 0.991. The SMILES string of the molecule is C=C(CNc1cc(-c2ccc3c(c2)C(C)C=C3)c2nccnc2c1)N=C(C)/C(C)=C\C. The second-order valence-electron chi connectivity index (χ2n) is 8.03. The summed E-state index contributed by atoms with van der Waals surface area (Å²) in [6, 6.07) is 10.8. The van der Waals surface area contributed by atoms with Gasteiger partial charge in [-0.25, -0.2) is 0 Å². The quantitative estimate of drug-likeness (QED) is 0.457. The van der Waals surface area contributed by atoms with Crippen molar-refractivity contribution in [3.63, 3.8) is 0 Å². The molecule has 0 fully saturated rings. The smallest absolute Gasteiger partial charge is 0.0966 e. The Bertz CT molecular complexity index is 1250. The van der Waals surface area contributed by atoms with Gasteiger partial charge >= 0.3 is 0 Å². The number of hydrogen-bond donors (Lipinski definition) is 1. The summed E-state index contributed by atoms with van der Waals surface area (Å²) in [5.41, 5.74) is 10.6. The van der Waals surface area contributed by atoms with E-state index in [4.69, 9.17) is 0 Å². The second-order valence-corrected chi connectivity index (χ2v) is 8.03. The Morgan fingerprint density at radius 2 is 1.97 bits per heavy atom. The zero-order chi connectivity index (χ0) is 22.0. The Labute approximate surface area is 184 Å². The largest absolute Gasteiger partial charge is 0.379 e. The molecule has 1 unspecified atom stereocenters. The molecule has 1 aliphatic rings. The first-order valence-corrected chi connectivity index (χ1v) is 10.6. The summed E-state index contributed by atoms with van der Waals surface area (Å²) < 4.78 is 0. The standard InChI is InChI=1S/C27H28N4/c1-6-17(2)20(5)31-19(4)16-30-23-14-25(27-26(15-23)28-11-12-29-27)22-10-9-21-8-7-18(3)24(21)13-22/h6-15,18,30H,4,16H2,1-3,5H3/b17-6-,31-20?. The zero-order valence-electron chi connectivity index (χ0n) is 18.6. The van der Waals surface area contributed by atoms with Gasteiger partial charge in [0.25, 0.3) is 0 Å². The van der Waals surface area contributed by atoms with E-state index in [1.165, 1.54) is 11.1 Å². The van der Waals surface area contributed by atoms with Gasteiger partial charge < -0.3 is 5.32 Å². The molecule has 0 radical (unpaired) electrons. The molecule has 0 spiro atoms. The van der Waals surface area contributed by atoms with Crippen molar-refractivity contribution in [2.45, 2.75) is 33.6 Å². The number of nitrogens with one attached hydrogen (secondary N) is 1. The van der Waals surface area contributed by atoms with E-state index >= 15 is 0 Å². The fourth-order valence-electron chi connectivity index (χ4n) is 3.81. The molecule has 0 saturated heterocycles. The number of fused-ring (bicyclic) bond motifs is 2. The summed E-state index contributed by atoms with van der Waals surface area (Å²) in [6.45, 7) is 13.0. The summed E-state index contributed by atoms with van der Waals surface area (Å²) in [7, 11) is 0. The number of hydrogen-bond acceptors (Lipinski definition) is 4. The molecule has 3 aromatic rings. The van der Waals surface area contributed by atoms with Gasteiger partial charge in [-0.3, -0.25) is 15.0 Å². The van der Waals surface area contributed by atoms with Crippen LogP contribution in [0.3, 0.4) is 0 Å². The van der Waals surface area contributed by atoms with E-state index in [2.05, 4.69) is 83.2 Å². The highest BCUT2D eigenvalue weighted by Crippen LogP contribution is 2.36. The highest BCUT2D eigenvalue weighted by atomic mass is 14.9. The van der Waals surface area contributed by atoms with Crippen molar-refractivity contribution in [1.82, 2.24) is 9.97 Å².